The zero-order valence-electron chi connectivity index (χ0n) is 33.0. The number of carbonyl (C=O) groups is 3. The SMILES string of the molecule is CC(C)CCC(C)CCOC(=O)CCCCCCCC(CCCCCCCC(=O)OCCC(C)CCC(C)C)OC(=O)CCCN(C)C. The molecule has 0 N–H and O–H groups in total. The molecule has 0 aliphatic carbocycles. The third-order valence-electron chi connectivity index (χ3n) is 9.32. The summed E-state index contributed by atoms with van der Waals surface area (Å²) in [5, 5.41) is 0. The van der Waals surface area contributed by atoms with Gasteiger partial charge in [-0.25, -0.2) is 0 Å². The van der Waals surface area contributed by atoms with Crippen LogP contribution in [0.1, 0.15) is 183 Å². The van der Waals surface area contributed by atoms with Gasteiger partial charge in [0, 0.05) is 19.3 Å². The summed E-state index contributed by atoms with van der Waals surface area (Å²) in [4.78, 5) is 38.8. The molecule has 0 aliphatic heterocycles. The Hall–Kier alpha value is -1.63. The fraction of sp³-hybridized carbons (Fsp3) is 0.927. The predicted octanol–water partition coefficient (Wildman–Crippen LogP) is 10.7. The second-order valence-corrected chi connectivity index (χ2v) is 15.8. The van der Waals surface area contributed by atoms with Gasteiger partial charge in [0.2, 0.25) is 0 Å². The molecular formula is C41H79NO6. The van der Waals surface area contributed by atoms with Gasteiger partial charge in [-0.2, -0.15) is 0 Å². The van der Waals surface area contributed by atoms with Crippen LogP contribution in [0.3, 0.4) is 0 Å². The predicted molar refractivity (Wildman–Crippen MR) is 200 cm³/mol. The molecule has 0 aromatic carbocycles. The van der Waals surface area contributed by atoms with E-state index < -0.39 is 0 Å². The first-order valence-corrected chi connectivity index (χ1v) is 20.0. The van der Waals surface area contributed by atoms with Crippen molar-refractivity contribution in [1.82, 2.24) is 4.90 Å². The van der Waals surface area contributed by atoms with Gasteiger partial charge in [0.25, 0.3) is 0 Å². The van der Waals surface area contributed by atoms with E-state index in [2.05, 4.69) is 46.4 Å². The molecule has 0 aromatic heterocycles. The fourth-order valence-corrected chi connectivity index (χ4v) is 5.81. The molecule has 2 atom stereocenters. The van der Waals surface area contributed by atoms with E-state index in [1.165, 1.54) is 25.7 Å². The van der Waals surface area contributed by atoms with Crippen molar-refractivity contribution in [2.45, 2.75) is 189 Å². The molecule has 0 aromatic rings. The smallest absolute Gasteiger partial charge is 0.306 e. The lowest BCUT2D eigenvalue weighted by Crippen LogP contribution is -2.20. The molecule has 0 bridgehead atoms. The van der Waals surface area contributed by atoms with Gasteiger partial charge in [0.15, 0.2) is 0 Å². The number of hydrogen-bond acceptors (Lipinski definition) is 7. The molecule has 48 heavy (non-hydrogen) atoms. The summed E-state index contributed by atoms with van der Waals surface area (Å²) < 4.78 is 16.8. The highest BCUT2D eigenvalue weighted by atomic mass is 16.5. The number of rotatable bonds is 33. The standard InChI is InChI=1S/C41H79NO6/c1-34(2)25-27-36(5)29-32-46-39(43)22-17-13-9-11-15-20-38(48-41(45)24-19-31-42(7)8)21-16-12-10-14-18-23-40(44)47-33-30-37(6)28-26-35(3)4/h34-38H,9-33H2,1-8H3. The molecule has 0 heterocycles. The largest absolute Gasteiger partial charge is 0.466 e. The van der Waals surface area contributed by atoms with Gasteiger partial charge in [0.05, 0.1) is 13.2 Å². The molecule has 0 spiro atoms. The summed E-state index contributed by atoms with van der Waals surface area (Å²) in [6.45, 7) is 15.5. The van der Waals surface area contributed by atoms with Gasteiger partial charge in [-0.1, -0.05) is 106 Å². The Balaban J connectivity index is 4.17. The second kappa shape index (κ2) is 31.4. The molecule has 0 fully saturated rings. The van der Waals surface area contributed by atoms with E-state index in [0.717, 1.165) is 115 Å². The van der Waals surface area contributed by atoms with Crippen molar-refractivity contribution in [3.63, 3.8) is 0 Å². The van der Waals surface area contributed by atoms with Crippen molar-refractivity contribution in [3.05, 3.63) is 0 Å². The van der Waals surface area contributed by atoms with Crippen LogP contribution in [-0.4, -0.2) is 62.8 Å². The molecule has 0 rings (SSSR count). The Morgan fingerprint density at radius 2 is 0.854 bits per heavy atom. The van der Waals surface area contributed by atoms with Crippen molar-refractivity contribution < 1.29 is 28.6 Å². The van der Waals surface area contributed by atoms with E-state index in [4.69, 9.17) is 14.2 Å². The van der Waals surface area contributed by atoms with Gasteiger partial charge in [-0.3, -0.25) is 14.4 Å². The van der Waals surface area contributed by atoms with E-state index in [1.807, 2.05) is 14.1 Å². The minimum absolute atomic E-state index is 0.0207. The lowest BCUT2D eigenvalue weighted by Gasteiger charge is -2.18. The van der Waals surface area contributed by atoms with E-state index in [9.17, 15) is 14.4 Å². The van der Waals surface area contributed by atoms with Gasteiger partial charge >= 0.3 is 17.9 Å². The topological polar surface area (TPSA) is 82.1 Å². The number of ether oxygens (including phenoxy) is 3. The summed E-state index contributed by atoms with van der Waals surface area (Å²) in [5.41, 5.74) is 0. The Bertz CT molecular complexity index is 733. The van der Waals surface area contributed by atoms with Crippen LogP contribution in [0.2, 0.25) is 0 Å². The zero-order valence-corrected chi connectivity index (χ0v) is 33.0. The average Bonchev–Trinajstić information content (AvgIpc) is 3.01. The van der Waals surface area contributed by atoms with Crippen LogP contribution in [0.25, 0.3) is 0 Å². The molecule has 0 saturated heterocycles. The van der Waals surface area contributed by atoms with Crippen molar-refractivity contribution in [2.24, 2.45) is 23.7 Å². The fourth-order valence-electron chi connectivity index (χ4n) is 5.81. The molecule has 284 valence electrons. The highest BCUT2D eigenvalue weighted by Gasteiger charge is 2.15. The van der Waals surface area contributed by atoms with Gasteiger partial charge in [0.1, 0.15) is 6.10 Å². The van der Waals surface area contributed by atoms with E-state index in [0.29, 0.717) is 44.3 Å². The maximum Gasteiger partial charge on any atom is 0.306 e. The molecular weight excluding hydrogens is 602 g/mol. The molecule has 2 unspecified atom stereocenters. The second-order valence-electron chi connectivity index (χ2n) is 15.8. The van der Waals surface area contributed by atoms with Crippen LogP contribution in [0.4, 0.5) is 0 Å². The molecule has 7 heteroatoms. The lowest BCUT2D eigenvalue weighted by atomic mass is 9.97. The summed E-state index contributed by atoms with van der Waals surface area (Å²) >= 11 is 0. The van der Waals surface area contributed by atoms with Crippen LogP contribution in [0, 0.1) is 23.7 Å². The highest BCUT2D eigenvalue weighted by Crippen LogP contribution is 2.19. The highest BCUT2D eigenvalue weighted by molar-refractivity contribution is 5.70. The summed E-state index contributed by atoms with van der Waals surface area (Å²) in [7, 11) is 4.04. The first-order valence-electron chi connectivity index (χ1n) is 20.0. The van der Waals surface area contributed by atoms with E-state index in [-0.39, 0.29) is 24.0 Å². The summed E-state index contributed by atoms with van der Waals surface area (Å²) in [6.07, 6.45) is 21.1. The van der Waals surface area contributed by atoms with Crippen LogP contribution in [0.5, 0.6) is 0 Å². The minimum Gasteiger partial charge on any atom is -0.466 e. The normalized spacial score (nSPS) is 13.6. The first kappa shape index (κ1) is 46.4. The van der Waals surface area contributed by atoms with Crippen molar-refractivity contribution in [1.29, 1.82) is 0 Å². The molecule has 7 nitrogen and oxygen atoms in total. The van der Waals surface area contributed by atoms with Crippen LogP contribution < -0.4 is 0 Å². The van der Waals surface area contributed by atoms with Crippen LogP contribution in [-0.2, 0) is 28.6 Å². The Morgan fingerprint density at radius 3 is 1.27 bits per heavy atom. The maximum absolute atomic E-state index is 12.5. The first-order chi connectivity index (χ1) is 22.9. The third kappa shape index (κ3) is 32.9. The van der Waals surface area contributed by atoms with Crippen molar-refractivity contribution in [3.8, 4) is 0 Å². The summed E-state index contributed by atoms with van der Waals surface area (Å²) in [5.74, 6) is 2.45. The monoisotopic (exact) mass is 682 g/mol. The number of hydrogen-bond donors (Lipinski definition) is 0. The van der Waals surface area contributed by atoms with Gasteiger partial charge in [-0.15, -0.1) is 0 Å². The average molecular weight is 682 g/mol. The third-order valence-corrected chi connectivity index (χ3v) is 9.32. The summed E-state index contributed by atoms with van der Waals surface area (Å²) in [6, 6.07) is 0. The van der Waals surface area contributed by atoms with Gasteiger partial charge in [-0.05, 0) is 102 Å². The number of nitrogens with zero attached hydrogens (tertiary/aromatic N) is 1. The van der Waals surface area contributed by atoms with Crippen LogP contribution >= 0.6 is 0 Å². The lowest BCUT2D eigenvalue weighted by molar-refractivity contribution is -0.150. The van der Waals surface area contributed by atoms with E-state index >= 15 is 0 Å². The number of unbranched alkanes of at least 4 members (excludes halogenated alkanes) is 8. The Labute approximate surface area is 297 Å². The Kier molecular flexibility index (Phi) is 30.3. The zero-order chi connectivity index (χ0) is 36.0. The van der Waals surface area contributed by atoms with Crippen molar-refractivity contribution in [2.75, 3.05) is 33.9 Å². The van der Waals surface area contributed by atoms with Crippen LogP contribution in [0.15, 0.2) is 0 Å². The van der Waals surface area contributed by atoms with Crippen molar-refractivity contribution >= 4 is 17.9 Å². The maximum atomic E-state index is 12.5. The molecule has 0 radical (unpaired) electrons. The quantitative estimate of drug-likeness (QED) is 0.0387. The number of esters is 3. The van der Waals surface area contributed by atoms with Gasteiger partial charge < -0.3 is 19.1 Å². The molecule has 0 amide bonds. The minimum atomic E-state index is -0.0810. The van der Waals surface area contributed by atoms with E-state index in [1.54, 1.807) is 0 Å². The molecule has 0 saturated carbocycles. The molecule has 0 aliphatic rings. The number of carbonyl (C=O) groups excluding carboxylic acids is 3. The Morgan fingerprint density at radius 1 is 0.458 bits per heavy atom.